The van der Waals surface area contributed by atoms with Gasteiger partial charge in [0, 0.05) is 12.5 Å². The van der Waals surface area contributed by atoms with E-state index >= 15 is 0 Å². The van der Waals surface area contributed by atoms with Crippen LogP contribution in [0.2, 0.25) is 0 Å². The summed E-state index contributed by atoms with van der Waals surface area (Å²) >= 11 is 0. The summed E-state index contributed by atoms with van der Waals surface area (Å²) in [6.07, 6.45) is 1.17. The van der Waals surface area contributed by atoms with Crippen LogP contribution >= 0.6 is 0 Å². The first kappa shape index (κ1) is 20.5. The maximum absolute atomic E-state index is 12.5. The van der Waals surface area contributed by atoms with Crippen molar-refractivity contribution in [1.29, 1.82) is 0 Å². The Morgan fingerprint density at radius 1 is 1.21 bits per heavy atom. The minimum atomic E-state index is -5.69. The van der Waals surface area contributed by atoms with Crippen LogP contribution < -0.4 is 0 Å². The van der Waals surface area contributed by atoms with Gasteiger partial charge in [-0.2, -0.15) is 21.6 Å². The van der Waals surface area contributed by atoms with Crippen LogP contribution in [-0.2, 0) is 19.0 Å². The van der Waals surface area contributed by atoms with E-state index in [1.807, 2.05) is 30.3 Å². The van der Waals surface area contributed by atoms with Gasteiger partial charge < -0.3 is 8.92 Å². The Morgan fingerprint density at radius 3 is 2.39 bits per heavy atom. The Kier molecular flexibility index (Phi) is 5.11. The number of halogens is 3. The molecule has 0 N–H and O–H groups in total. The molecule has 0 radical (unpaired) electrons. The van der Waals surface area contributed by atoms with Crippen molar-refractivity contribution in [2.75, 3.05) is 0 Å². The van der Waals surface area contributed by atoms with Gasteiger partial charge in [0.2, 0.25) is 0 Å². The first-order chi connectivity index (χ1) is 12.9. The number of rotatable bonds is 4. The second kappa shape index (κ2) is 6.98. The second-order valence-electron chi connectivity index (χ2n) is 7.27. The van der Waals surface area contributed by atoms with Crippen LogP contribution in [-0.4, -0.2) is 36.6 Å². The summed E-state index contributed by atoms with van der Waals surface area (Å²) in [5.74, 6) is -0.267. The van der Waals surface area contributed by atoms with E-state index in [0.717, 1.165) is 5.56 Å². The highest BCUT2D eigenvalue weighted by molar-refractivity contribution is 7.87. The number of nitrogens with zero attached hydrogens (tertiary/aromatic N) is 1. The van der Waals surface area contributed by atoms with Crippen LogP contribution in [0.15, 0.2) is 42.2 Å². The molecule has 3 rings (SSSR count). The lowest BCUT2D eigenvalue weighted by Gasteiger charge is -2.35. The predicted molar refractivity (Wildman–Crippen MR) is 93.4 cm³/mol. The van der Waals surface area contributed by atoms with E-state index in [9.17, 15) is 26.4 Å². The highest BCUT2D eigenvalue weighted by Gasteiger charge is 2.52. The van der Waals surface area contributed by atoms with Gasteiger partial charge in [0.15, 0.2) is 0 Å². The lowest BCUT2D eigenvalue weighted by molar-refractivity contribution is -0.0524. The Balaban J connectivity index is 1.80. The van der Waals surface area contributed by atoms with Gasteiger partial charge in [-0.25, -0.2) is 4.79 Å². The summed E-state index contributed by atoms with van der Waals surface area (Å²) in [6.45, 7) is 3.59. The molecule has 0 bridgehead atoms. The number of hydrogen-bond acceptors (Lipinski definition) is 5. The van der Waals surface area contributed by atoms with E-state index in [-0.39, 0.29) is 37.1 Å². The largest absolute Gasteiger partial charge is 0.534 e. The molecule has 1 heterocycles. The first-order valence-corrected chi connectivity index (χ1v) is 10.1. The Morgan fingerprint density at radius 2 is 1.86 bits per heavy atom. The molecule has 2 aliphatic rings. The topological polar surface area (TPSA) is 72.9 Å². The molecule has 6 nitrogen and oxygen atoms in total. The SMILES string of the molecule is CC1(C)OC(=O)N([C@H]2CC=C(OS(=O)(=O)C(F)(F)F)CC2)C1c1ccccc1. The van der Waals surface area contributed by atoms with Crippen LogP contribution in [0, 0.1) is 0 Å². The van der Waals surface area contributed by atoms with Crippen LogP contribution in [0.3, 0.4) is 0 Å². The van der Waals surface area contributed by atoms with Crippen molar-refractivity contribution < 1.29 is 35.3 Å². The molecular weight excluding hydrogens is 399 g/mol. The van der Waals surface area contributed by atoms with Gasteiger partial charge >= 0.3 is 21.7 Å². The van der Waals surface area contributed by atoms with Crippen LogP contribution in [0.4, 0.5) is 18.0 Å². The third-order valence-corrected chi connectivity index (χ3v) is 5.85. The van der Waals surface area contributed by atoms with Gasteiger partial charge in [0.05, 0.1) is 6.04 Å². The summed E-state index contributed by atoms with van der Waals surface area (Å²) in [5, 5.41) is 0. The van der Waals surface area contributed by atoms with Crippen LogP contribution in [0.1, 0.15) is 44.7 Å². The maximum Gasteiger partial charge on any atom is 0.534 e. The van der Waals surface area contributed by atoms with Crippen molar-refractivity contribution in [3.05, 3.63) is 47.7 Å². The number of ether oxygens (including phenoxy) is 1. The van der Waals surface area contributed by atoms with Gasteiger partial charge in [-0.3, -0.25) is 4.90 Å². The summed E-state index contributed by atoms with van der Waals surface area (Å²) in [6, 6.07) is 8.59. The summed E-state index contributed by atoms with van der Waals surface area (Å²) < 4.78 is 69.5. The number of carbonyl (C=O) groups excluding carboxylic acids is 1. The van der Waals surface area contributed by atoms with Crippen molar-refractivity contribution in [2.45, 2.75) is 56.3 Å². The number of allylic oxidation sites excluding steroid dienone is 1. The first-order valence-electron chi connectivity index (χ1n) is 8.68. The van der Waals surface area contributed by atoms with E-state index in [2.05, 4.69) is 4.18 Å². The molecular formula is C18H20F3NO5S. The highest BCUT2D eigenvalue weighted by atomic mass is 32.2. The Hall–Kier alpha value is -2.23. The Bertz CT molecular complexity index is 880. The van der Waals surface area contributed by atoms with E-state index in [0.29, 0.717) is 0 Å². The summed E-state index contributed by atoms with van der Waals surface area (Å²) in [7, 11) is -5.69. The maximum atomic E-state index is 12.5. The standard InChI is InChI=1S/C18H20F3NO5S/c1-17(2)15(12-6-4-3-5-7-12)22(16(23)26-17)13-8-10-14(11-9-13)27-28(24,25)18(19,20)21/h3-7,10,13,15H,8-9,11H2,1-2H3/t13-,15?/m0/s1. The van der Waals surface area contributed by atoms with Gasteiger partial charge in [-0.1, -0.05) is 30.3 Å². The number of amides is 1. The number of benzene rings is 1. The molecule has 1 aromatic rings. The van der Waals surface area contributed by atoms with Gasteiger partial charge in [-0.05, 0) is 38.3 Å². The molecule has 154 valence electrons. The van der Waals surface area contributed by atoms with Gasteiger partial charge in [-0.15, -0.1) is 0 Å². The molecule has 1 fully saturated rings. The fourth-order valence-electron chi connectivity index (χ4n) is 3.64. The molecule has 1 aliphatic carbocycles. The molecule has 1 aliphatic heterocycles. The fraction of sp³-hybridized carbons (Fsp3) is 0.500. The predicted octanol–water partition coefficient (Wildman–Crippen LogP) is 4.26. The third kappa shape index (κ3) is 3.82. The zero-order valence-corrected chi connectivity index (χ0v) is 16.1. The minimum Gasteiger partial charge on any atom is -0.441 e. The number of carbonyl (C=O) groups is 1. The van der Waals surface area contributed by atoms with Crippen molar-refractivity contribution in [3.63, 3.8) is 0 Å². The smallest absolute Gasteiger partial charge is 0.441 e. The number of alkyl halides is 3. The lowest BCUT2D eigenvalue weighted by atomic mass is 9.89. The fourth-order valence-corrected chi connectivity index (χ4v) is 4.17. The lowest BCUT2D eigenvalue weighted by Crippen LogP contribution is -2.41. The summed E-state index contributed by atoms with van der Waals surface area (Å²) in [5.41, 5.74) is -5.39. The van der Waals surface area contributed by atoms with E-state index in [1.165, 1.54) is 6.08 Å². The molecule has 0 aromatic heterocycles. The van der Waals surface area contributed by atoms with Crippen LogP contribution in [0.25, 0.3) is 0 Å². The van der Waals surface area contributed by atoms with Crippen LogP contribution in [0.5, 0.6) is 0 Å². The van der Waals surface area contributed by atoms with E-state index in [1.54, 1.807) is 18.7 Å². The zero-order chi connectivity index (χ0) is 20.7. The summed E-state index contributed by atoms with van der Waals surface area (Å²) in [4.78, 5) is 14.1. The number of hydrogen-bond donors (Lipinski definition) is 0. The molecule has 1 saturated heterocycles. The average Bonchev–Trinajstić information content (AvgIpc) is 2.83. The number of cyclic esters (lactones) is 1. The highest BCUT2D eigenvalue weighted by Crippen LogP contribution is 2.44. The quantitative estimate of drug-likeness (QED) is 0.539. The molecule has 10 heteroatoms. The monoisotopic (exact) mass is 419 g/mol. The molecule has 2 atom stereocenters. The van der Waals surface area contributed by atoms with Crippen molar-refractivity contribution in [2.24, 2.45) is 0 Å². The van der Waals surface area contributed by atoms with Gasteiger partial charge in [0.25, 0.3) is 0 Å². The van der Waals surface area contributed by atoms with E-state index < -0.39 is 27.3 Å². The third-order valence-electron chi connectivity index (χ3n) is 4.85. The minimum absolute atomic E-state index is 0.0360. The molecule has 1 amide bonds. The van der Waals surface area contributed by atoms with Crippen molar-refractivity contribution >= 4 is 16.2 Å². The molecule has 28 heavy (non-hydrogen) atoms. The second-order valence-corrected chi connectivity index (χ2v) is 8.81. The van der Waals surface area contributed by atoms with Crippen molar-refractivity contribution in [1.82, 2.24) is 4.90 Å². The normalized spacial score (nSPS) is 25.2. The molecule has 0 saturated carbocycles. The molecule has 1 unspecified atom stereocenters. The molecule has 0 spiro atoms. The Labute approximate surface area is 161 Å². The zero-order valence-electron chi connectivity index (χ0n) is 15.3. The van der Waals surface area contributed by atoms with Gasteiger partial charge in [0.1, 0.15) is 11.4 Å². The van der Waals surface area contributed by atoms with E-state index in [4.69, 9.17) is 4.74 Å². The van der Waals surface area contributed by atoms with Crippen molar-refractivity contribution in [3.8, 4) is 0 Å². The molecule has 1 aromatic carbocycles. The average molecular weight is 419 g/mol.